The maximum atomic E-state index is 2.45. The van der Waals surface area contributed by atoms with Gasteiger partial charge in [-0.05, 0) is 145 Å². The monoisotopic (exact) mass is 1020 g/mol. The van der Waals surface area contributed by atoms with E-state index in [1.54, 1.807) is 0 Å². The second kappa shape index (κ2) is 22.6. The molecule has 13 aromatic carbocycles. The second-order valence-electron chi connectivity index (χ2n) is 20.1. The van der Waals surface area contributed by atoms with Gasteiger partial charge in [0.15, 0.2) is 0 Å². The predicted octanol–water partition coefficient (Wildman–Crippen LogP) is 22.0. The summed E-state index contributed by atoms with van der Waals surface area (Å²) in [6, 6.07) is 123. The third kappa shape index (κ3) is 10.3. The SMILES string of the molecule is c1ccc(-c2ccc(N(c3cccc(-c4cccc(-c5cccc(-c6ccc(N(c7cccc(-c8ccccc8)c7)c7ccccc7-c7ccccc7)c(-c7ccccc7)c6)c5)c4)c3)c3ccccc3-c3ccccc3)cc2)cc1. The van der Waals surface area contributed by atoms with E-state index in [0.29, 0.717) is 0 Å². The third-order valence-corrected chi connectivity index (χ3v) is 15.1. The molecule has 0 saturated carbocycles. The summed E-state index contributed by atoms with van der Waals surface area (Å²) in [4.78, 5) is 4.84. The van der Waals surface area contributed by atoms with Gasteiger partial charge in [0.1, 0.15) is 0 Å². The van der Waals surface area contributed by atoms with Crippen molar-refractivity contribution in [2.24, 2.45) is 0 Å². The van der Waals surface area contributed by atoms with Crippen LogP contribution in [0.2, 0.25) is 0 Å². The van der Waals surface area contributed by atoms with Gasteiger partial charge in [-0.15, -0.1) is 0 Å². The van der Waals surface area contributed by atoms with Gasteiger partial charge < -0.3 is 9.80 Å². The molecule has 0 aliphatic carbocycles. The van der Waals surface area contributed by atoms with Gasteiger partial charge in [-0.3, -0.25) is 0 Å². The van der Waals surface area contributed by atoms with Crippen molar-refractivity contribution in [1.82, 2.24) is 0 Å². The minimum absolute atomic E-state index is 1.08. The predicted molar refractivity (Wildman–Crippen MR) is 339 cm³/mol. The molecule has 0 amide bonds. The Bertz CT molecular complexity index is 4210. The molecule has 13 aromatic rings. The van der Waals surface area contributed by atoms with Crippen LogP contribution in [-0.2, 0) is 0 Å². The minimum atomic E-state index is 1.08. The molecule has 0 aliphatic heterocycles. The van der Waals surface area contributed by atoms with E-state index in [0.717, 1.165) is 101 Å². The molecule has 0 heterocycles. The molecule has 13 rings (SSSR count). The Labute approximate surface area is 470 Å². The van der Waals surface area contributed by atoms with Crippen LogP contribution in [0.3, 0.4) is 0 Å². The van der Waals surface area contributed by atoms with Crippen LogP contribution in [0, 0.1) is 0 Å². The standard InChI is InChI=1S/C78H56N2/c1-6-24-57(25-7-1)59-46-49-70(50-47-59)79(76-44-18-16-42-73(76)60-28-10-3-11-29-60)71-40-23-39-68(55-71)65-36-20-34-63(52-65)64-35-21-37-66(53-64)69-48-51-78(75(56-69)62-32-14-5-15-33-62)80(72-41-22-38-67(54-72)58-26-8-2-9-27-58)77-45-19-17-43-74(77)61-30-12-4-13-31-61/h1-56H. The molecule has 0 aliphatic rings. The Morgan fingerprint density at radius 2 is 0.425 bits per heavy atom. The zero-order chi connectivity index (χ0) is 53.5. The average Bonchev–Trinajstić information content (AvgIpc) is 3.71. The van der Waals surface area contributed by atoms with Gasteiger partial charge in [0.2, 0.25) is 0 Å². The Kier molecular flexibility index (Phi) is 13.8. The molecule has 0 spiro atoms. The Morgan fingerprint density at radius 1 is 0.138 bits per heavy atom. The van der Waals surface area contributed by atoms with Crippen molar-refractivity contribution in [3.05, 3.63) is 340 Å². The van der Waals surface area contributed by atoms with Crippen LogP contribution < -0.4 is 9.80 Å². The fourth-order valence-electron chi connectivity index (χ4n) is 11.1. The van der Waals surface area contributed by atoms with Crippen molar-refractivity contribution in [2.75, 3.05) is 9.80 Å². The molecule has 0 fully saturated rings. The number of rotatable bonds is 14. The van der Waals surface area contributed by atoms with Crippen molar-refractivity contribution in [3.63, 3.8) is 0 Å². The van der Waals surface area contributed by atoms with E-state index >= 15 is 0 Å². The molecule has 0 unspecified atom stereocenters. The molecular weight excluding hydrogens is 965 g/mol. The summed E-state index contributed by atoms with van der Waals surface area (Å²) < 4.78 is 0. The Hall–Kier alpha value is -10.5. The highest BCUT2D eigenvalue weighted by atomic mass is 15.2. The molecule has 0 saturated heterocycles. The van der Waals surface area contributed by atoms with E-state index in [9.17, 15) is 0 Å². The van der Waals surface area contributed by atoms with Gasteiger partial charge >= 0.3 is 0 Å². The molecule has 0 radical (unpaired) electrons. The highest BCUT2D eigenvalue weighted by Crippen LogP contribution is 2.47. The molecule has 0 atom stereocenters. The van der Waals surface area contributed by atoms with Gasteiger partial charge in [-0.25, -0.2) is 0 Å². The maximum Gasteiger partial charge on any atom is 0.0540 e. The molecule has 0 aromatic heterocycles. The lowest BCUT2D eigenvalue weighted by molar-refractivity contribution is 1.28. The fraction of sp³-hybridized carbons (Fsp3) is 0. The molecule has 378 valence electrons. The zero-order valence-corrected chi connectivity index (χ0v) is 44.2. The number of nitrogens with zero attached hydrogens (tertiary/aromatic N) is 2. The Balaban J connectivity index is 0.884. The van der Waals surface area contributed by atoms with Crippen LogP contribution >= 0.6 is 0 Å². The molecular formula is C78H56N2. The molecule has 80 heavy (non-hydrogen) atoms. The van der Waals surface area contributed by atoms with Gasteiger partial charge in [0.05, 0.1) is 17.1 Å². The van der Waals surface area contributed by atoms with Crippen molar-refractivity contribution < 1.29 is 0 Å². The van der Waals surface area contributed by atoms with E-state index in [1.165, 1.54) is 22.3 Å². The van der Waals surface area contributed by atoms with E-state index in [-0.39, 0.29) is 0 Å². The molecule has 0 bridgehead atoms. The van der Waals surface area contributed by atoms with Crippen molar-refractivity contribution in [1.29, 1.82) is 0 Å². The lowest BCUT2D eigenvalue weighted by Crippen LogP contribution is -2.12. The van der Waals surface area contributed by atoms with Crippen LogP contribution in [0.4, 0.5) is 34.1 Å². The quantitative estimate of drug-likeness (QED) is 0.107. The van der Waals surface area contributed by atoms with Crippen LogP contribution in [0.25, 0.3) is 89.0 Å². The van der Waals surface area contributed by atoms with Gasteiger partial charge in [-0.1, -0.05) is 267 Å². The number of para-hydroxylation sites is 2. The normalized spacial score (nSPS) is 11.0. The molecule has 0 N–H and O–H groups in total. The average molecular weight is 1020 g/mol. The number of anilines is 6. The Morgan fingerprint density at radius 3 is 0.900 bits per heavy atom. The highest BCUT2D eigenvalue weighted by molar-refractivity contribution is 5.96. The summed E-state index contributed by atoms with van der Waals surface area (Å²) in [6.45, 7) is 0. The maximum absolute atomic E-state index is 2.45. The van der Waals surface area contributed by atoms with Crippen LogP contribution in [0.5, 0.6) is 0 Å². The smallest absolute Gasteiger partial charge is 0.0540 e. The van der Waals surface area contributed by atoms with E-state index < -0.39 is 0 Å². The van der Waals surface area contributed by atoms with Crippen LogP contribution in [0.1, 0.15) is 0 Å². The topological polar surface area (TPSA) is 6.48 Å². The summed E-state index contributed by atoms with van der Waals surface area (Å²) in [5.41, 5.74) is 25.1. The molecule has 2 heteroatoms. The van der Waals surface area contributed by atoms with Crippen molar-refractivity contribution in [3.8, 4) is 89.0 Å². The first-order chi connectivity index (χ1) is 39.7. The van der Waals surface area contributed by atoms with E-state index in [1.807, 2.05) is 0 Å². The number of hydrogen-bond acceptors (Lipinski definition) is 2. The second-order valence-corrected chi connectivity index (χ2v) is 20.1. The van der Waals surface area contributed by atoms with Gasteiger partial charge in [-0.2, -0.15) is 0 Å². The van der Waals surface area contributed by atoms with Crippen LogP contribution in [0.15, 0.2) is 340 Å². The molecule has 2 nitrogen and oxygen atoms in total. The number of hydrogen-bond donors (Lipinski definition) is 0. The summed E-state index contributed by atoms with van der Waals surface area (Å²) in [6.07, 6.45) is 0. The first-order valence-electron chi connectivity index (χ1n) is 27.4. The van der Waals surface area contributed by atoms with Crippen LogP contribution in [-0.4, -0.2) is 0 Å². The van der Waals surface area contributed by atoms with Crippen molar-refractivity contribution in [2.45, 2.75) is 0 Å². The lowest BCUT2D eigenvalue weighted by Gasteiger charge is -2.30. The van der Waals surface area contributed by atoms with E-state index in [4.69, 9.17) is 0 Å². The van der Waals surface area contributed by atoms with Gasteiger partial charge in [0, 0.05) is 33.8 Å². The summed E-state index contributed by atoms with van der Waals surface area (Å²) >= 11 is 0. The summed E-state index contributed by atoms with van der Waals surface area (Å²) in [7, 11) is 0. The minimum Gasteiger partial charge on any atom is -0.310 e. The summed E-state index contributed by atoms with van der Waals surface area (Å²) in [5.74, 6) is 0. The fourth-order valence-corrected chi connectivity index (χ4v) is 11.1. The zero-order valence-electron chi connectivity index (χ0n) is 44.2. The first kappa shape index (κ1) is 49.1. The lowest BCUT2D eigenvalue weighted by atomic mass is 9.93. The highest BCUT2D eigenvalue weighted by Gasteiger charge is 2.23. The third-order valence-electron chi connectivity index (χ3n) is 15.1. The van der Waals surface area contributed by atoms with Gasteiger partial charge in [0.25, 0.3) is 0 Å². The largest absolute Gasteiger partial charge is 0.310 e. The first-order valence-corrected chi connectivity index (χ1v) is 27.4. The summed E-state index contributed by atoms with van der Waals surface area (Å²) in [5, 5.41) is 0. The van der Waals surface area contributed by atoms with E-state index in [2.05, 4.69) is 350 Å². The van der Waals surface area contributed by atoms with Crippen molar-refractivity contribution >= 4 is 34.1 Å². The number of benzene rings is 13.